The molecule has 0 spiro atoms. The zero-order valence-corrected chi connectivity index (χ0v) is 14.6. The highest BCUT2D eigenvalue weighted by Crippen LogP contribution is 2.36. The molecule has 2 unspecified atom stereocenters. The average Bonchev–Trinajstić information content (AvgIpc) is 3.00. The molecule has 0 saturated carbocycles. The number of halogens is 2. The van der Waals surface area contributed by atoms with Crippen LogP contribution in [0.15, 0.2) is 35.4 Å². The second-order valence-corrected chi connectivity index (χ2v) is 6.11. The van der Waals surface area contributed by atoms with Crippen molar-refractivity contribution in [3.8, 4) is 0 Å². The Morgan fingerprint density at radius 2 is 2.17 bits per heavy atom. The molecule has 4 nitrogen and oxygen atoms in total. The molecule has 0 bridgehead atoms. The fourth-order valence-corrected chi connectivity index (χ4v) is 2.90. The van der Waals surface area contributed by atoms with Gasteiger partial charge in [-0.25, -0.2) is 4.39 Å². The smallest absolute Gasteiger partial charge is 0.250 e. The normalized spacial score (nSPS) is 19.0. The van der Waals surface area contributed by atoms with Crippen molar-refractivity contribution in [3.05, 3.63) is 46.8 Å². The topological polar surface area (TPSA) is 58.6 Å². The number of alkyl halides is 1. The number of benzene rings is 1. The lowest BCUT2D eigenvalue weighted by atomic mass is 9.96. The van der Waals surface area contributed by atoms with E-state index in [1.807, 2.05) is 6.92 Å². The Morgan fingerprint density at radius 3 is 2.78 bits per heavy atom. The van der Waals surface area contributed by atoms with Crippen LogP contribution in [0.2, 0.25) is 0 Å². The Kier molecular flexibility index (Phi) is 6.74. The van der Waals surface area contributed by atoms with Crippen LogP contribution in [0.3, 0.4) is 0 Å². The van der Waals surface area contributed by atoms with Crippen LogP contribution in [0.5, 0.6) is 0 Å². The quantitative estimate of drug-likeness (QED) is 0.560. The van der Waals surface area contributed by atoms with Crippen molar-refractivity contribution in [2.75, 3.05) is 18.5 Å². The highest BCUT2D eigenvalue weighted by Gasteiger charge is 2.35. The first-order valence-electron chi connectivity index (χ1n) is 7.70. The van der Waals surface area contributed by atoms with Gasteiger partial charge in [-0.1, -0.05) is 41.4 Å². The molecule has 1 heterocycles. The highest BCUT2D eigenvalue weighted by atomic mass is 79.9. The van der Waals surface area contributed by atoms with Gasteiger partial charge in [0.05, 0.1) is 18.3 Å². The Balaban J connectivity index is 2.29. The molecule has 0 fully saturated rings. The third-order valence-electron chi connectivity index (χ3n) is 3.80. The van der Waals surface area contributed by atoms with Crippen molar-refractivity contribution in [1.82, 2.24) is 5.32 Å². The fourth-order valence-electron chi connectivity index (χ4n) is 2.51. The Labute approximate surface area is 143 Å². The summed E-state index contributed by atoms with van der Waals surface area (Å²) in [5.41, 5.74) is 1.70. The SMILES string of the molecule is CCCCNC(=O)C1=C(C(O)CBr)COC1c1ccc(F)cc1. The number of carbonyl (C=O) groups is 1. The minimum absolute atomic E-state index is 0.186. The maximum absolute atomic E-state index is 13.1. The predicted octanol–water partition coefficient (Wildman–Crippen LogP) is 2.87. The summed E-state index contributed by atoms with van der Waals surface area (Å²) in [7, 11) is 0. The van der Waals surface area contributed by atoms with Crippen LogP contribution in [0, 0.1) is 5.82 Å². The maximum Gasteiger partial charge on any atom is 0.250 e. The molecule has 0 aliphatic carbocycles. The molecular weight excluding hydrogens is 365 g/mol. The molecular formula is C17H21BrFNO3. The number of ether oxygens (including phenoxy) is 1. The average molecular weight is 386 g/mol. The van der Waals surface area contributed by atoms with Gasteiger partial charge in [-0.15, -0.1) is 0 Å². The molecule has 1 aliphatic rings. The Bertz CT molecular complexity index is 574. The van der Waals surface area contributed by atoms with Gasteiger partial charge in [-0.05, 0) is 29.7 Å². The van der Waals surface area contributed by atoms with Gasteiger partial charge in [0, 0.05) is 11.9 Å². The van der Waals surface area contributed by atoms with Gasteiger partial charge in [-0.3, -0.25) is 4.79 Å². The second kappa shape index (κ2) is 8.57. The van der Waals surface area contributed by atoms with Crippen molar-refractivity contribution in [3.63, 3.8) is 0 Å². The summed E-state index contributed by atoms with van der Waals surface area (Å²) in [6.07, 6.45) is 0.499. The largest absolute Gasteiger partial charge is 0.388 e. The number of hydrogen-bond donors (Lipinski definition) is 2. The van der Waals surface area contributed by atoms with Crippen LogP contribution in [-0.4, -0.2) is 35.6 Å². The fraction of sp³-hybridized carbons (Fsp3) is 0.471. The number of amides is 1. The monoisotopic (exact) mass is 385 g/mol. The second-order valence-electron chi connectivity index (χ2n) is 5.46. The number of rotatable bonds is 7. The van der Waals surface area contributed by atoms with Crippen LogP contribution in [0.25, 0.3) is 0 Å². The van der Waals surface area contributed by atoms with E-state index < -0.39 is 12.2 Å². The lowest BCUT2D eigenvalue weighted by molar-refractivity contribution is -0.118. The first kappa shape index (κ1) is 18.1. The molecule has 0 saturated heterocycles. The van der Waals surface area contributed by atoms with E-state index in [0.717, 1.165) is 12.8 Å². The third kappa shape index (κ3) is 4.40. The lowest BCUT2D eigenvalue weighted by Gasteiger charge is -2.16. The summed E-state index contributed by atoms with van der Waals surface area (Å²) in [5.74, 6) is -0.578. The number of nitrogens with one attached hydrogen (secondary N) is 1. The number of aliphatic hydroxyl groups is 1. The summed E-state index contributed by atoms with van der Waals surface area (Å²) in [5, 5.41) is 13.3. The van der Waals surface area contributed by atoms with Crippen LogP contribution in [0.4, 0.5) is 4.39 Å². The molecule has 2 N–H and O–H groups in total. The molecule has 0 aromatic heterocycles. The molecule has 0 radical (unpaired) electrons. The zero-order chi connectivity index (χ0) is 16.8. The number of carbonyl (C=O) groups excluding carboxylic acids is 1. The molecule has 126 valence electrons. The van der Waals surface area contributed by atoms with Gasteiger partial charge in [0.2, 0.25) is 5.91 Å². The molecule has 23 heavy (non-hydrogen) atoms. The molecule has 1 aromatic rings. The first-order valence-corrected chi connectivity index (χ1v) is 8.82. The van der Waals surface area contributed by atoms with Crippen molar-refractivity contribution in [2.24, 2.45) is 0 Å². The molecule has 6 heteroatoms. The molecule has 2 rings (SSSR count). The number of hydrogen-bond acceptors (Lipinski definition) is 3. The van der Waals surface area contributed by atoms with E-state index in [1.54, 1.807) is 12.1 Å². The molecule has 1 aromatic carbocycles. The van der Waals surface area contributed by atoms with Crippen molar-refractivity contribution in [2.45, 2.75) is 32.0 Å². The van der Waals surface area contributed by atoms with E-state index in [9.17, 15) is 14.3 Å². The van der Waals surface area contributed by atoms with Gasteiger partial charge in [-0.2, -0.15) is 0 Å². The standard InChI is InChI=1S/C17H21BrFNO3/c1-2-3-8-20-17(22)15-13(14(21)9-18)10-23-16(15)11-4-6-12(19)7-5-11/h4-7,14,16,21H,2-3,8-10H2,1H3,(H,20,22). The van der Waals surface area contributed by atoms with Gasteiger partial charge in [0.25, 0.3) is 0 Å². The summed E-state index contributed by atoms with van der Waals surface area (Å²) in [6.45, 7) is 2.81. The van der Waals surface area contributed by atoms with E-state index in [2.05, 4.69) is 21.2 Å². The zero-order valence-electron chi connectivity index (χ0n) is 13.0. The van der Waals surface area contributed by atoms with Crippen molar-refractivity contribution >= 4 is 21.8 Å². The third-order valence-corrected chi connectivity index (χ3v) is 4.41. The van der Waals surface area contributed by atoms with Gasteiger partial charge >= 0.3 is 0 Å². The highest BCUT2D eigenvalue weighted by molar-refractivity contribution is 9.09. The van der Waals surface area contributed by atoms with Gasteiger partial charge in [0.15, 0.2) is 0 Å². The minimum atomic E-state index is -0.785. The Morgan fingerprint density at radius 1 is 1.48 bits per heavy atom. The molecule has 1 aliphatic heterocycles. The van der Waals surface area contributed by atoms with Gasteiger partial charge < -0.3 is 15.2 Å². The Hall–Kier alpha value is -1.24. The lowest BCUT2D eigenvalue weighted by Crippen LogP contribution is -2.29. The van der Waals surface area contributed by atoms with Crippen LogP contribution in [0.1, 0.15) is 31.4 Å². The first-order chi connectivity index (χ1) is 11.1. The van der Waals surface area contributed by atoms with Crippen molar-refractivity contribution < 1.29 is 19.0 Å². The van der Waals surface area contributed by atoms with E-state index in [-0.39, 0.29) is 18.3 Å². The minimum Gasteiger partial charge on any atom is -0.388 e. The van der Waals surface area contributed by atoms with Crippen LogP contribution >= 0.6 is 15.9 Å². The maximum atomic E-state index is 13.1. The number of unbranched alkanes of at least 4 members (excludes halogenated alkanes) is 1. The van der Waals surface area contributed by atoms with Crippen LogP contribution in [-0.2, 0) is 9.53 Å². The van der Waals surface area contributed by atoms with E-state index >= 15 is 0 Å². The number of aliphatic hydroxyl groups excluding tert-OH is 1. The molecule has 2 atom stereocenters. The van der Waals surface area contributed by atoms with E-state index in [1.165, 1.54) is 12.1 Å². The summed E-state index contributed by atoms with van der Waals surface area (Å²) < 4.78 is 18.8. The molecule has 1 amide bonds. The van der Waals surface area contributed by atoms with E-state index in [4.69, 9.17) is 4.74 Å². The summed E-state index contributed by atoms with van der Waals surface area (Å²) >= 11 is 3.23. The van der Waals surface area contributed by atoms with Crippen molar-refractivity contribution in [1.29, 1.82) is 0 Å². The van der Waals surface area contributed by atoms with E-state index in [0.29, 0.717) is 28.6 Å². The van der Waals surface area contributed by atoms with Gasteiger partial charge in [0.1, 0.15) is 11.9 Å². The predicted molar refractivity (Wildman–Crippen MR) is 89.8 cm³/mol. The summed E-state index contributed by atoms with van der Waals surface area (Å²) in [4.78, 5) is 12.6. The summed E-state index contributed by atoms with van der Waals surface area (Å²) in [6, 6.07) is 5.87. The van der Waals surface area contributed by atoms with Crippen LogP contribution < -0.4 is 5.32 Å².